The Morgan fingerprint density at radius 3 is 2.90 bits per heavy atom. The first-order valence-electron chi connectivity index (χ1n) is 6.93. The highest BCUT2D eigenvalue weighted by molar-refractivity contribution is 5.78. The number of amides is 1. The summed E-state index contributed by atoms with van der Waals surface area (Å²) in [4.78, 5) is 13.6. The summed E-state index contributed by atoms with van der Waals surface area (Å²) < 4.78 is 13.5. The second kappa shape index (κ2) is 6.33. The van der Waals surface area contributed by atoms with E-state index in [1.54, 1.807) is 30.1 Å². The molecule has 5 heteroatoms. The molecule has 1 amide bonds. The standard InChI is InChI=1S/C15H22FN3O/c1-15(7-8-17-11-15)18-9-14(20)19(2)10-12-5-3-4-6-13(12)16/h3-6,17-18H,7-11H2,1-2H3. The van der Waals surface area contributed by atoms with Crippen LogP contribution in [0.25, 0.3) is 0 Å². The molecule has 0 radical (unpaired) electrons. The van der Waals surface area contributed by atoms with Crippen LogP contribution in [0.15, 0.2) is 24.3 Å². The minimum atomic E-state index is -0.271. The molecule has 2 rings (SSSR count). The molecular weight excluding hydrogens is 257 g/mol. The van der Waals surface area contributed by atoms with Crippen LogP contribution < -0.4 is 10.6 Å². The minimum absolute atomic E-state index is 0.0193. The molecule has 110 valence electrons. The van der Waals surface area contributed by atoms with Gasteiger partial charge in [0.2, 0.25) is 5.91 Å². The van der Waals surface area contributed by atoms with Crippen molar-refractivity contribution < 1.29 is 9.18 Å². The summed E-state index contributed by atoms with van der Waals surface area (Å²) in [6.07, 6.45) is 1.01. The predicted molar refractivity (Wildman–Crippen MR) is 76.8 cm³/mol. The fourth-order valence-electron chi connectivity index (χ4n) is 2.36. The summed E-state index contributed by atoms with van der Waals surface area (Å²) in [6, 6.07) is 6.54. The predicted octanol–water partition coefficient (Wildman–Crippen LogP) is 1.13. The van der Waals surface area contributed by atoms with E-state index in [9.17, 15) is 9.18 Å². The molecule has 0 saturated carbocycles. The lowest BCUT2D eigenvalue weighted by molar-refractivity contribution is -0.129. The van der Waals surface area contributed by atoms with Crippen molar-refractivity contribution in [3.05, 3.63) is 35.6 Å². The maximum atomic E-state index is 13.5. The summed E-state index contributed by atoms with van der Waals surface area (Å²) >= 11 is 0. The van der Waals surface area contributed by atoms with Crippen LogP contribution in [0.5, 0.6) is 0 Å². The van der Waals surface area contributed by atoms with Gasteiger partial charge in [0, 0.05) is 31.2 Å². The Bertz CT molecular complexity index is 472. The van der Waals surface area contributed by atoms with Crippen molar-refractivity contribution >= 4 is 5.91 Å². The molecule has 1 aliphatic heterocycles. The Kier molecular flexibility index (Phi) is 4.73. The van der Waals surface area contributed by atoms with Crippen molar-refractivity contribution in [2.45, 2.75) is 25.4 Å². The number of carbonyl (C=O) groups excluding carboxylic acids is 1. The van der Waals surface area contributed by atoms with Gasteiger partial charge in [-0.2, -0.15) is 0 Å². The van der Waals surface area contributed by atoms with E-state index in [1.807, 2.05) is 0 Å². The number of nitrogens with one attached hydrogen (secondary N) is 2. The average molecular weight is 279 g/mol. The maximum Gasteiger partial charge on any atom is 0.236 e. The summed E-state index contributed by atoms with van der Waals surface area (Å²) in [5.74, 6) is -0.298. The van der Waals surface area contributed by atoms with Crippen molar-refractivity contribution in [1.82, 2.24) is 15.5 Å². The molecule has 1 aromatic carbocycles. The molecule has 20 heavy (non-hydrogen) atoms. The number of hydrogen-bond donors (Lipinski definition) is 2. The van der Waals surface area contributed by atoms with Gasteiger partial charge in [-0.1, -0.05) is 18.2 Å². The molecule has 1 saturated heterocycles. The summed E-state index contributed by atoms with van der Waals surface area (Å²) in [5, 5.41) is 6.57. The van der Waals surface area contributed by atoms with E-state index in [2.05, 4.69) is 17.6 Å². The lowest BCUT2D eigenvalue weighted by Gasteiger charge is -2.26. The fraction of sp³-hybridized carbons (Fsp3) is 0.533. The second-order valence-electron chi connectivity index (χ2n) is 5.68. The first-order valence-corrected chi connectivity index (χ1v) is 6.93. The average Bonchev–Trinajstić information content (AvgIpc) is 2.86. The summed E-state index contributed by atoms with van der Waals surface area (Å²) in [7, 11) is 1.70. The quantitative estimate of drug-likeness (QED) is 0.849. The monoisotopic (exact) mass is 279 g/mol. The molecule has 0 aliphatic carbocycles. The zero-order valence-corrected chi connectivity index (χ0v) is 12.1. The van der Waals surface area contributed by atoms with E-state index in [0.717, 1.165) is 19.5 Å². The van der Waals surface area contributed by atoms with E-state index in [1.165, 1.54) is 6.07 Å². The van der Waals surface area contributed by atoms with Crippen molar-refractivity contribution in [2.75, 3.05) is 26.7 Å². The van der Waals surface area contributed by atoms with Gasteiger partial charge in [0.1, 0.15) is 5.82 Å². The summed E-state index contributed by atoms with van der Waals surface area (Å²) in [6.45, 7) is 4.53. The van der Waals surface area contributed by atoms with Crippen LogP contribution in [0.1, 0.15) is 18.9 Å². The van der Waals surface area contributed by atoms with Gasteiger partial charge in [0.25, 0.3) is 0 Å². The van der Waals surface area contributed by atoms with Gasteiger partial charge >= 0.3 is 0 Å². The summed E-state index contributed by atoms with van der Waals surface area (Å²) in [5.41, 5.74) is 0.520. The molecule has 1 unspecified atom stereocenters. The van der Waals surface area contributed by atoms with Crippen molar-refractivity contribution in [3.8, 4) is 0 Å². The molecule has 2 N–H and O–H groups in total. The lowest BCUT2D eigenvalue weighted by atomic mass is 10.0. The Morgan fingerprint density at radius 2 is 2.25 bits per heavy atom. The Hall–Kier alpha value is -1.46. The molecule has 1 aromatic rings. The number of carbonyl (C=O) groups is 1. The van der Waals surface area contributed by atoms with Crippen molar-refractivity contribution in [3.63, 3.8) is 0 Å². The molecule has 4 nitrogen and oxygen atoms in total. The van der Waals surface area contributed by atoms with Crippen LogP contribution in [-0.2, 0) is 11.3 Å². The molecule has 1 aliphatic rings. The number of hydrogen-bond acceptors (Lipinski definition) is 3. The SMILES string of the molecule is CN(Cc1ccccc1F)C(=O)CNC1(C)CCNC1. The van der Waals surface area contributed by atoms with Gasteiger partial charge in [-0.25, -0.2) is 4.39 Å². The highest BCUT2D eigenvalue weighted by Crippen LogP contribution is 2.13. The largest absolute Gasteiger partial charge is 0.340 e. The Balaban J connectivity index is 1.84. The number of nitrogens with zero attached hydrogens (tertiary/aromatic N) is 1. The topological polar surface area (TPSA) is 44.4 Å². The smallest absolute Gasteiger partial charge is 0.236 e. The zero-order chi connectivity index (χ0) is 14.6. The van der Waals surface area contributed by atoms with E-state index in [-0.39, 0.29) is 23.8 Å². The normalized spacial score (nSPS) is 21.9. The molecule has 1 atom stereocenters. The van der Waals surface area contributed by atoms with Crippen LogP contribution in [0.3, 0.4) is 0 Å². The Labute approximate surface area is 119 Å². The van der Waals surface area contributed by atoms with Gasteiger partial charge in [-0.05, 0) is 26.0 Å². The van der Waals surface area contributed by atoms with Crippen LogP contribution >= 0.6 is 0 Å². The second-order valence-corrected chi connectivity index (χ2v) is 5.68. The molecular formula is C15H22FN3O. The third-order valence-corrected chi connectivity index (χ3v) is 3.83. The van der Waals surface area contributed by atoms with Gasteiger partial charge in [0.05, 0.1) is 6.54 Å². The van der Waals surface area contributed by atoms with Gasteiger partial charge in [-0.3, -0.25) is 4.79 Å². The van der Waals surface area contributed by atoms with Crippen LogP contribution in [-0.4, -0.2) is 43.0 Å². The van der Waals surface area contributed by atoms with Crippen LogP contribution in [0, 0.1) is 5.82 Å². The first kappa shape index (κ1) is 14.9. The minimum Gasteiger partial charge on any atom is -0.340 e. The highest BCUT2D eigenvalue weighted by atomic mass is 19.1. The van der Waals surface area contributed by atoms with Crippen LogP contribution in [0.4, 0.5) is 4.39 Å². The third-order valence-electron chi connectivity index (χ3n) is 3.83. The fourth-order valence-corrected chi connectivity index (χ4v) is 2.36. The third kappa shape index (κ3) is 3.77. The number of likely N-dealkylation sites (N-methyl/N-ethyl adjacent to an activating group) is 1. The van der Waals surface area contributed by atoms with E-state index in [0.29, 0.717) is 12.1 Å². The zero-order valence-electron chi connectivity index (χ0n) is 12.1. The van der Waals surface area contributed by atoms with E-state index >= 15 is 0 Å². The molecule has 0 spiro atoms. The molecule has 1 heterocycles. The first-order chi connectivity index (χ1) is 9.50. The Morgan fingerprint density at radius 1 is 1.50 bits per heavy atom. The van der Waals surface area contributed by atoms with Gasteiger partial charge in [-0.15, -0.1) is 0 Å². The van der Waals surface area contributed by atoms with Gasteiger partial charge in [0.15, 0.2) is 0 Å². The lowest BCUT2D eigenvalue weighted by Crippen LogP contribution is -2.48. The molecule has 0 bridgehead atoms. The number of benzene rings is 1. The molecule has 0 aromatic heterocycles. The number of halogens is 1. The molecule has 1 fully saturated rings. The van der Waals surface area contributed by atoms with Crippen LogP contribution in [0.2, 0.25) is 0 Å². The highest BCUT2D eigenvalue weighted by Gasteiger charge is 2.28. The van der Waals surface area contributed by atoms with Crippen molar-refractivity contribution in [2.24, 2.45) is 0 Å². The number of rotatable bonds is 5. The van der Waals surface area contributed by atoms with Gasteiger partial charge < -0.3 is 15.5 Å². The van der Waals surface area contributed by atoms with E-state index in [4.69, 9.17) is 0 Å². The maximum absolute atomic E-state index is 13.5. The van der Waals surface area contributed by atoms with E-state index < -0.39 is 0 Å². The van der Waals surface area contributed by atoms with Crippen molar-refractivity contribution in [1.29, 1.82) is 0 Å².